The highest BCUT2D eigenvalue weighted by molar-refractivity contribution is 7.13. The van der Waals surface area contributed by atoms with Gasteiger partial charge in [-0.2, -0.15) is 0 Å². The topological polar surface area (TPSA) is 82.7 Å². The van der Waals surface area contributed by atoms with E-state index < -0.39 is 12.0 Å². The molecule has 7 heteroatoms. The van der Waals surface area contributed by atoms with Crippen molar-refractivity contribution in [3.63, 3.8) is 0 Å². The summed E-state index contributed by atoms with van der Waals surface area (Å²) in [6.07, 6.45) is 3.68. The van der Waals surface area contributed by atoms with Crippen LogP contribution in [0.2, 0.25) is 0 Å². The number of fused-ring (bicyclic) bond motifs is 2. The molecule has 2 saturated heterocycles. The van der Waals surface area contributed by atoms with Crippen molar-refractivity contribution in [2.45, 2.75) is 37.4 Å². The fourth-order valence-corrected chi connectivity index (χ4v) is 4.07. The van der Waals surface area contributed by atoms with Crippen LogP contribution in [0.15, 0.2) is 5.38 Å². The third kappa shape index (κ3) is 2.41. The van der Waals surface area contributed by atoms with E-state index in [9.17, 15) is 4.79 Å². The van der Waals surface area contributed by atoms with Crippen molar-refractivity contribution >= 4 is 22.4 Å². The van der Waals surface area contributed by atoms with Crippen molar-refractivity contribution in [3.05, 3.63) is 11.1 Å². The van der Waals surface area contributed by atoms with E-state index in [-0.39, 0.29) is 0 Å². The molecule has 0 aliphatic carbocycles. The van der Waals surface area contributed by atoms with Gasteiger partial charge in [-0.1, -0.05) is 0 Å². The van der Waals surface area contributed by atoms with E-state index in [4.69, 9.17) is 10.8 Å². The van der Waals surface area contributed by atoms with E-state index in [1.54, 1.807) is 5.38 Å². The number of anilines is 1. The van der Waals surface area contributed by atoms with Crippen molar-refractivity contribution in [1.82, 2.24) is 9.88 Å². The molecule has 0 aromatic carbocycles. The fourth-order valence-electron chi connectivity index (χ4n) is 3.17. The number of nitrogens with zero attached hydrogens (tertiary/aromatic N) is 3. The summed E-state index contributed by atoms with van der Waals surface area (Å²) in [6.45, 7) is 1.96. The van der Waals surface area contributed by atoms with Crippen molar-refractivity contribution in [1.29, 1.82) is 0 Å². The predicted octanol–water partition coefficient (Wildman–Crippen LogP) is 0.900. The number of nitrogens with two attached hydrogens (primary N) is 1. The second-order valence-corrected chi connectivity index (χ2v) is 6.49. The highest BCUT2D eigenvalue weighted by Crippen LogP contribution is 2.32. The minimum Gasteiger partial charge on any atom is -0.480 e. The summed E-state index contributed by atoms with van der Waals surface area (Å²) in [7, 11) is 2.21. The van der Waals surface area contributed by atoms with Gasteiger partial charge in [-0.15, -0.1) is 11.3 Å². The number of rotatable bonds is 3. The van der Waals surface area contributed by atoms with Crippen molar-refractivity contribution in [2.24, 2.45) is 5.73 Å². The predicted molar refractivity (Wildman–Crippen MR) is 78.1 cm³/mol. The summed E-state index contributed by atoms with van der Waals surface area (Å²) in [4.78, 5) is 20.1. The van der Waals surface area contributed by atoms with Crippen LogP contribution in [0.4, 0.5) is 5.13 Å². The molecule has 1 aromatic rings. The molecule has 2 bridgehead atoms. The van der Waals surface area contributed by atoms with Crippen molar-refractivity contribution in [2.75, 3.05) is 25.0 Å². The Morgan fingerprint density at radius 2 is 2.25 bits per heavy atom. The summed E-state index contributed by atoms with van der Waals surface area (Å²) in [6, 6.07) is 0.250. The molecule has 3 heterocycles. The van der Waals surface area contributed by atoms with E-state index >= 15 is 0 Å². The molecule has 1 aromatic heterocycles. The Hall–Kier alpha value is -1.18. The smallest absolute Gasteiger partial charge is 0.326 e. The van der Waals surface area contributed by atoms with Crippen LogP contribution in [-0.2, 0) is 4.79 Å². The highest BCUT2D eigenvalue weighted by Gasteiger charge is 2.35. The summed E-state index contributed by atoms with van der Waals surface area (Å²) in [5.41, 5.74) is 6.07. The number of carboxylic acid groups (broad SMARTS) is 1. The van der Waals surface area contributed by atoms with E-state index in [0.717, 1.165) is 24.6 Å². The molecule has 6 nitrogen and oxygen atoms in total. The van der Waals surface area contributed by atoms with Gasteiger partial charge >= 0.3 is 5.97 Å². The van der Waals surface area contributed by atoms with Crippen molar-refractivity contribution in [3.8, 4) is 0 Å². The normalized spacial score (nSPS) is 28.4. The van der Waals surface area contributed by atoms with Crippen LogP contribution < -0.4 is 10.6 Å². The number of aromatic nitrogens is 1. The lowest BCUT2D eigenvalue weighted by atomic mass is 10.1. The average Bonchev–Trinajstić information content (AvgIpc) is 2.95. The fraction of sp³-hybridized carbons (Fsp3) is 0.692. The van der Waals surface area contributed by atoms with Gasteiger partial charge in [0.15, 0.2) is 5.13 Å². The number of thiazole rings is 1. The minimum atomic E-state index is -1.03. The maximum absolute atomic E-state index is 10.9. The maximum atomic E-state index is 10.9. The molecule has 3 N–H and O–H groups in total. The van der Waals surface area contributed by atoms with Gasteiger partial charge in [-0.05, 0) is 26.3 Å². The second kappa shape index (κ2) is 5.31. The third-order valence-corrected chi connectivity index (χ3v) is 5.43. The lowest BCUT2D eigenvalue weighted by molar-refractivity contribution is -0.138. The van der Waals surface area contributed by atoms with Gasteiger partial charge in [0.05, 0.1) is 5.69 Å². The monoisotopic (exact) mass is 296 g/mol. The number of carboxylic acids is 1. The lowest BCUT2D eigenvalue weighted by Crippen LogP contribution is -2.36. The first-order valence-electron chi connectivity index (χ1n) is 6.97. The highest BCUT2D eigenvalue weighted by atomic mass is 32.1. The Morgan fingerprint density at radius 3 is 3.00 bits per heavy atom. The number of likely N-dealkylation sites (N-methyl/N-ethyl adjacent to an activating group) is 1. The molecule has 2 aliphatic heterocycles. The zero-order valence-corrected chi connectivity index (χ0v) is 12.3. The van der Waals surface area contributed by atoms with E-state index in [2.05, 4.69) is 21.8 Å². The molecule has 3 atom stereocenters. The van der Waals surface area contributed by atoms with Gasteiger partial charge in [0, 0.05) is 30.6 Å². The summed E-state index contributed by atoms with van der Waals surface area (Å²) in [5.74, 6) is -1.03. The molecule has 20 heavy (non-hydrogen) atoms. The molecule has 0 saturated carbocycles. The van der Waals surface area contributed by atoms with Crippen LogP contribution in [0.3, 0.4) is 0 Å². The SMILES string of the molecule is CN1C2CCC1CN(c1nc(C(N)C(=O)O)cs1)CC2. The van der Waals surface area contributed by atoms with Crippen LogP contribution in [0.5, 0.6) is 0 Å². The molecule has 0 radical (unpaired) electrons. The van der Waals surface area contributed by atoms with E-state index in [1.165, 1.54) is 24.2 Å². The van der Waals surface area contributed by atoms with Crippen LogP contribution in [0.25, 0.3) is 0 Å². The lowest BCUT2D eigenvalue weighted by Gasteiger charge is -2.25. The Morgan fingerprint density at radius 1 is 1.50 bits per heavy atom. The minimum absolute atomic E-state index is 0.459. The summed E-state index contributed by atoms with van der Waals surface area (Å²) in [5, 5.41) is 11.6. The number of hydrogen-bond acceptors (Lipinski definition) is 6. The average molecular weight is 296 g/mol. The van der Waals surface area contributed by atoms with Crippen LogP contribution >= 0.6 is 11.3 Å². The number of hydrogen-bond donors (Lipinski definition) is 2. The Balaban J connectivity index is 1.75. The zero-order chi connectivity index (χ0) is 14.3. The van der Waals surface area contributed by atoms with Gasteiger partial charge < -0.3 is 15.7 Å². The standard InChI is InChI=1S/C13H20N4O2S/c1-16-8-2-3-9(16)6-17(5-4-8)13-15-10(7-20-13)11(14)12(18)19/h7-9,11H,2-6,14H2,1H3,(H,18,19). The Labute approximate surface area is 122 Å². The second-order valence-electron chi connectivity index (χ2n) is 5.66. The van der Waals surface area contributed by atoms with Gasteiger partial charge in [-0.25, -0.2) is 4.98 Å². The van der Waals surface area contributed by atoms with Crippen LogP contribution in [-0.4, -0.2) is 53.2 Å². The molecule has 3 unspecified atom stereocenters. The molecule has 2 aliphatic rings. The summed E-state index contributed by atoms with van der Waals surface area (Å²) < 4.78 is 0. The molecule has 0 amide bonds. The number of aliphatic carboxylic acids is 1. The van der Waals surface area contributed by atoms with Crippen molar-refractivity contribution < 1.29 is 9.90 Å². The molecule has 2 fully saturated rings. The molecular weight excluding hydrogens is 276 g/mol. The molecule has 110 valence electrons. The number of carbonyl (C=O) groups is 1. The molecule has 0 spiro atoms. The maximum Gasteiger partial charge on any atom is 0.326 e. The van der Waals surface area contributed by atoms with E-state index in [0.29, 0.717) is 17.8 Å². The third-order valence-electron chi connectivity index (χ3n) is 4.51. The van der Waals surface area contributed by atoms with Gasteiger partial charge in [0.2, 0.25) is 0 Å². The Bertz CT molecular complexity index is 506. The Kier molecular flexibility index (Phi) is 3.66. The first-order valence-corrected chi connectivity index (χ1v) is 7.85. The quantitative estimate of drug-likeness (QED) is 0.862. The van der Waals surface area contributed by atoms with Gasteiger partial charge in [0.1, 0.15) is 6.04 Å². The first kappa shape index (κ1) is 13.8. The first-order chi connectivity index (χ1) is 9.56. The zero-order valence-electron chi connectivity index (χ0n) is 11.5. The van der Waals surface area contributed by atoms with Crippen LogP contribution in [0, 0.1) is 0 Å². The molecule has 3 rings (SSSR count). The van der Waals surface area contributed by atoms with Crippen LogP contribution in [0.1, 0.15) is 31.0 Å². The largest absolute Gasteiger partial charge is 0.480 e. The summed E-state index contributed by atoms with van der Waals surface area (Å²) >= 11 is 1.49. The van der Waals surface area contributed by atoms with Gasteiger partial charge in [-0.3, -0.25) is 9.69 Å². The van der Waals surface area contributed by atoms with E-state index in [1.807, 2.05) is 0 Å². The van der Waals surface area contributed by atoms with Gasteiger partial charge in [0.25, 0.3) is 0 Å². The molecular formula is C13H20N4O2S.